The molecule has 2 aliphatic heterocycles. The van der Waals surface area contributed by atoms with Crippen molar-refractivity contribution in [3.8, 4) is 34.2 Å². The van der Waals surface area contributed by atoms with E-state index in [-0.39, 0.29) is 12.2 Å². The Morgan fingerprint density at radius 2 is 1.15 bits per heavy atom. The van der Waals surface area contributed by atoms with E-state index in [9.17, 15) is 0 Å². The molecule has 0 saturated heterocycles. The molecule has 6 heterocycles. The van der Waals surface area contributed by atoms with E-state index in [1.54, 1.807) is 0 Å². The van der Waals surface area contributed by atoms with Gasteiger partial charge in [-0.1, -0.05) is 60.7 Å². The Hall–Kier alpha value is -7.00. The van der Waals surface area contributed by atoms with Crippen LogP contribution in [0.25, 0.3) is 56.5 Å². The molecule has 54 heavy (non-hydrogen) atoms. The molecular formula is C45H36N9+. The molecule has 8 aromatic rings. The summed E-state index contributed by atoms with van der Waals surface area (Å²) in [7, 11) is 0. The van der Waals surface area contributed by atoms with Gasteiger partial charge in [-0.3, -0.25) is 9.13 Å². The van der Waals surface area contributed by atoms with Crippen molar-refractivity contribution < 1.29 is 4.58 Å². The first-order valence-corrected chi connectivity index (χ1v) is 18.1. The van der Waals surface area contributed by atoms with Gasteiger partial charge in [-0.2, -0.15) is 0 Å². The highest BCUT2D eigenvalue weighted by atomic mass is 15.4. The van der Waals surface area contributed by atoms with Gasteiger partial charge in [-0.25, -0.2) is 34.4 Å². The fourth-order valence-corrected chi connectivity index (χ4v) is 7.92. The van der Waals surface area contributed by atoms with Crippen LogP contribution >= 0.6 is 0 Å². The number of fused-ring (bicyclic) bond motifs is 3. The van der Waals surface area contributed by atoms with E-state index in [1.807, 2.05) is 48.9 Å². The molecule has 0 fully saturated rings. The zero-order chi connectivity index (χ0) is 36.3. The van der Waals surface area contributed by atoms with Crippen molar-refractivity contribution in [2.75, 3.05) is 0 Å². The minimum atomic E-state index is -0.135. The Morgan fingerprint density at radius 1 is 0.593 bits per heavy atom. The number of rotatable bonds is 6. The minimum absolute atomic E-state index is 0.0933. The first kappa shape index (κ1) is 31.7. The largest absolute Gasteiger partial charge is 0.276 e. The van der Waals surface area contributed by atoms with E-state index in [0.717, 1.165) is 73.3 Å². The molecule has 9 nitrogen and oxygen atoms in total. The summed E-state index contributed by atoms with van der Waals surface area (Å²) >= 11 is 0. The number of hydrogen-bond acceptors (Lipinski definition) is 6. The number of allylic oxidation sites excluding steroid dienone is 1. The standard InChI is InChI=1S/C45H36N9/c1-29-13-4-7-16-35(29)40-45-48-23-12-24-51(45)28-52(40)34-26-32(41-49-36-17-10-21-46-43(36)53(41)38-19-8-5-14-30(38)2)25-33(27-34)42-50-37-18-11-22-47-44(37)54(42)39-20-9-6-15-31(39)3/h4-28,40,45H,1-3H3/q+1. The van der Waals surface area contributed by atoms with Gasteiger partial charge < -0.3 is 0 Å². The molecule has 2 aliphatic rings. The zero-order valence-corrected chi connectivity index (χ0v) is 30.1. The van der Waals surface area contributed by atoms with Gasteiger partial charge in [0.25, 0.3) is 0 Å². The Bertz CT molecular complexity index is 2720. The highest BCUT2D eigenvalue weighted by molar-refractivity contribution is 5.85. The van der Waals surface area contributed by atoms with Crippen LogP contribution in [0.15, 0.2) is 145 Å². The second kappa shape index (κ2) is 12.6. The minimum Gasteiger partial charge on any atom is -0.276 e. The van der Waals surface area contributed by atoms with Crippen molar-refractivity contribution in [2.24, 2.45) is 4.99 Å². The molecular weight excluding hydrogens is 667 g/mol. The lowest BCUT2D eigenvalue weighted by Gasteiger charge is -2.22. The molecule has 0 N–H and O–H groups in total. The van der Waals surface area contributed by atoms with Crippen LogP contribution in [-0.4, -0.2) is 57.3 Å². The zero-order valence-electron chi connectivity index (χ0n) is 30.1. The fourth-order valence-electron chi connectivity index (χ4n) is 7.92. The number of pyridine rings is 2. The van der Waals surface area contributed by atoms with Crippen molar-refractivity contribution in [1.29, 1.82) is 0 Å². The van der Waals surface area contributed by atoms with Crippen molar-refractivity contribution in [2.45, 2.75) is 33.0 Å². The molecule has 0 radical (unpaired) electrons. The van der Waals surface area contributed by atoms with Crippen LogP contribution in [0.1, 0.15) is 28.3 Å². The molecule has 0 aliphatic carbocycles. The fraction of sp³-hybridized carbons (Fsp3) is 0.111. The molecule has 9 heteroatoms. The summed E-state index contributed by atoms with van der Waals surface area (Å²) in [5.41, 5.74) is 12.8. The second-order valence-corrected chi connectivity index (χ2v) is 13.9. The summed E-state index contributed by atoms with van der Waals surface area (Å²) < 4.78 is 6.72. The topological polar surface area (TPSA) is 80.0 Å². The van der Waals surface area contributed by atoms with Crippen molar-refractivity contribution in [3.05, 3.63) is 162 Å². The predicted molar refractivity (Wildman–Crippen MR) is 215 cm³/mol. The number of para-hydroxylation sites is 2. The first-order chi connectivity index (χ1) is 26.5. The summed E-state index contributed by atoms with van der Waals surface area (Å²) in [6.45, 7) is 6.43. The Kier molecular flexibility index (Phi) is 7.40. The smallest absolute Gasteiger partial charge is 0.246 e. The maximum absolute atomic E-state index is 5.29. The monoisotopic (exact) mass is 702 g/mol. The van der Waals surface area contributed by atoms with Gasteiger partial charge >= 0.3 is 0 Å². The Labute approximate surface area is 312 Å². The number of aryl methyl sites for hydroxylation is 3. The van der Waals surface area contributed by atoms with Crippen LogP contribution in [0.4, 0.5) is 5.69 Å². The van der Waals surface area contributed by atoms with E-state index >= 15 is 0 Å². The normalized spacial score (nSPS) is 16.4. The molecule has 4 aromatic heterocycles. The van der Waals surface area contributed by atoms with E-state index in [0.29, 0.717) is 0 Å². The second-order valence-electron chi connectivity index (χ2n) is 13.9. The summed E-state index contributed by atoms with van der Waals surface area (Å²) in [5, 5.41) is 0. The average Bonchev–Trinajstić information content (AvgIpc) is 3.91. The Balaban J connectivity index is 1.29. The molecule has 10 rings (SSSR count). The number of aliphatic imine (C=N–C) groups is 1. The molecule has 260 valence electrons. The highest BCUT2D eigenvalue weighted by Gasteiger charge is 2.44. The molecule has 0 saturated carbocycles. The van der Waals surface area contributed by atoms with Crippen LogP contribution < -0.4 is 0 Å². The maximum Gasteiger partial charge on any atom is 0.246 e. The van der Waals surface area contributed by atoms with Crippen molar-refractivity contribution in [1.82, 2.24) is 34.0 Å². The highest BCUT2D eigenvalue weighted by Crippen LogP contribution is 2.42. The van der Waals surface area contributed by atoms with Gasteiger partial charge in [0, 0.05) is 35.3 Å². The van der Waals surface area contributed by atoms with Gasteiger partial charge in [0.05, 0.1) is 17.6 Å². The van der Waals surface area contributed by atoms with Crippen LogP contribution in [0, 0.1) is 20.8 Å². The van der Waals surface area contributed by atoms with Crippen molar-refractivity contribution in [3.63, 3.8) is 0 Å². The van der Waals surface area contributed by atoms with Crippen LogP contribution in [0.5, 0.6) is 0 Å². The lowest BCUT2D eigenvalue weighted by atomic mass is 9.97. The SMILES string of the molecule is Cc1ccccc1C1C2N=CC=CN2C=[N+]1c1cc(-c2nc3cccnc3n2-c2ccccc2C)cc(-c2nc3cccnc3n2-c2ccccc2C)c1. The number of aromatic nitrogens is 6. The van der Waals surface area contributed by atoms with E-state index in [4.69, 9.17) is 24.9 Å². The first-order valence-electron chi connectivity index (χ1n) is 18.1. The molecule has 0 bridgehead atoms. The van der Waals surface area contributed by atoms with Crippen molar-refractivity contribution >= 4 is 40.6 Å². The van der Waals surface area contributed by atoms with E-state index in [2.05, 4.69) is 143 Å². The Morgan fingerprint density at radius 3 is 1.72 bits per heavy atom. The van der Waals surface area contributed by atoms with Crippen LogP contribution in [-0.2, 0) is 0 Å². The lowest BCUT2D eigenvalue weighted by Crippen LogP contribution is -2.30. The van der Waals surface area contributed by atoms with Crippen LogP contribution in [0.3, 0.4) is 0 Å². The van der Waals surface area contributed by atoms with Crippen LogP contribution in [0.2, 0.25) is 0 Å². The third-order valence-corrected chi connectivity index (χ3v) is 10.5. The number of imidazole rings is 2. The molecule has 0 spiro atoms. The third-order valence-electron chi connectivity index (χ3n) is 10.5. The third kappa shape index (κ3) is 5.08. The quantitative estimate of drug-likeness (QED) is 0.162. The van der Waals surface area contributed by atoms with E-state index in [1.165, 1.54) is 11.1 Å². The summed E-state index contributed by atoms with van der Waals surface area (Å²) in [6, 6.07) is 39.9. The number of hydrogen-bond donors (Lipinski definition) is 0. The van der Waals surface area contributed by atoms with Gasteiger partial charge in [-0.15, -0.1) is 0 Å². The molecule has 0 amide bonds. The number of benzene rings is 4. The van der Waals surface area contributed by atoms with E-state index < -0.39 is 0 Å². The maximum atomic E-state index is 5.29. The van der Waals surface area contributed by atoms with Gasteiger partial charge in [0.1, 0.15) is 28.4 Å². The predicted octanol–water partition coefficient (Wildman–Crippen LogP) is 9.07. The number of nitrogens with zero attached hydrogens (tertiary/aromatic N) is 9. The van der Waals surface area contributed by atoms with Gasteiger partial charge in [0.15, 0.2) is 17.3 Å². The molecule has 2 atom stereocenters. The molecule has 4 aromatic carbocycles. The summed E-state index contributed by atoms with van der Waals surface area (Å²) in [5.74, 6) is 1.58. The molecule has 2 unspecified atom stereocenters. The van der Waals surface area contributed by atoms with Gasteiger partial charge in [0.2, 0.25) is 12.5 Å². The summed E-state index contributed by atoms with van der Waals surface area (Å²) in [4.78, 5) is 27.5. The average molecular weight is 703 g/mol. The summed E-state index contributed by atoms with van der Waals surface area (Å²) in [6.07, 6.45) is 11.7. The lowest BCUT2D eigenvalue weighted by molar-refractivity contribution is -0.480. The van der Waals surface area contributed by atoms with Gasteiger partial charge in [-0.05, 0) is 98.1 Å².